The summed E-state index contributed by atoms with van der Waals surface area (Å²) in [6.07, 6.45) is 0.432. The fraction of sp³-hybridized carbons (Fsp3) is 0.367. The molecule has 8 nitrogen and oxygen atoms in total. The Hall–Kier alpha value is -4.28. The van der Waals surface area contributed by atoms with Gasteiger partial charge in [0.1, 0.15) is 17.7 Å². The van der Waals surface area contributed by atoms with Gasteiger partial charge >= 0.3 is 12.1 Å². The van der Waals surface area contributed by atoms with E-state index in [-0.39, 0.29) is 12.1 Å². The van der Waals surface area contributed by atoms with Crippen LogP contribution in [0, 0.1) is 17.5 Å². The average Bonchev–Trinajstić information content (AvgIpc) is 3.46. The van der Waals surface area contributed by atoms with Crippen molar-refractivity contribution in [1.82, 2.24) is 9.88 Å². The average molecular weight is 568 g/mol. The van der Waals surface area contributed by atoms with Crippen LogP contribution in [0.5, 0.6) is 5.75 Å². The van der Waals surface area contributed by atoms with Gasteiger partial charge in [-0.05, 0) is 73.7 Å². The summed E-state index contributed by atoms with van der Waals surface area (Å²) in [5.41, 5.74) is 3.48. The number of aromatic nitrogens is 1. The Balaban J connectivity index is 1.40. The highest BCUT2D eigenvalue weighted by Gasteiger charge is 2.41. The Bertz CT molecular complexity index is 1540. The van der Waals surface area contributed by atoms with E-state index in [1.807, 2.05) is 24.3 Å². The third-order valence-corrected chi connectivity index (χ3v) is 8.31. The van der Waals surface area contributed by atoms with Gasteiger partial charge in [-0.25, -0.2) is 22.9 Å². The van der Waals surface area contributed by atoms with Gasteiger partial charge in [0.15, 0.2) is 17.5 Å². The standard InChI is InChI=1S/C30H28F3N3O5/c1-15-28(17-10-22(31)27(33)23(32)11-17)41-30(39)36(15)14-24-18(6-7-26(34-24)35-8-3-9-35)21-13-20-16(12-25(21)40-2)4-5-19(20)29(37)38/h6-7,10-13,15,19,28H,3-5,8-9,14H2,1-2H3,(H,37,38). The molecule has 1 N–H and O–H groups in total. The summed E-state index contributed by atoms with van der Waals surface area (Å²) < 4.78 is 52.7. The highest BCUT2D eigenvalue weighted by Crippen LogP contribution is 2.43. The van der Waals surface area contributed by atoms with E-state index < -0.39 is 47.6 Å². The van der Waals surface area contributed by atoms with E-state index in [0.29, 0.717) is 35.4 Å². The summed E-state index contributed by atoms with van der Waals surface area (Å²) in [4.78, 5) is 33.4. The second-order valence-corrected chi connectivity index (χ2v) is 10.7. The van der Waals surface area contributed by atoms with Crippen molar-refractivity contribution < 1.29 is 37.3 Å². The lowest BCUT2D eigenvalue weighted by Gasteiger charge is -2.33. The number of pyridine rings is 1. The van der Waals surface area contributed by atoms with Crippen LogP contribution in [0.1, 0.15) is 54.2 Å². The zero-order chi connectivity index (χ0) is 29.0. The summed E-state index contributed by atoms with van der Waals surface area (Å²) in [6.45, 7) is 3.38. The van der Waals surface area contributed by atoms with E-state index in [9.17, 15) is 27.9 Å². The maximum atomic E-state index is 14.0. The van der Waals surface area contributed by atoms with Gasteiger partial charge in [0.05, 0.1) is 31.3 Å². The van der Waals surface area contributed by atoms with E-state index in [1.165, 1.54) is 4.90 Å². The highest BCUT2D eigenvalue weighted by atomic mass is 19.2. The maximum absolute atomic E-state index is 14.0. The van der Waals surface area contributed by atoms with Crippen LogP contribution in [-0.4, -0.2) is 53.3 Å². The van der Waals surface area contributed by atoms with Gasteiger partial charge in [-0.2, -0.15) is 0 Å². The molecule has 41 heavy (non-hydrogen) atoms. The second-order valence-electron chi connectivity index (χ2n) is 10.7. The van der Waals surface area contributed by atoms with Crippen molar-refractivity contribution in [2.24, 2.45) is 0 Å². The number of carbonyl (C=O) groups excluding carboxylic acids is 1. The van der Waals surface area contributed by atoms with Crippen molar-refractivity contribution in [3.63, 3.8) is 0 Å². The molecule has 0 saturated carbocycles. The molecule has 2 saturated heterocycles. The number of carboxylic acid groups (broad SMARTS) is 1. The Labute approximate surface area is 234 Å². The van der Waals surface area contributed by atoms with Gasteiger partial charge < -0.3 is 19.5 Å². The molecule has 214 valence electrons. The van der Waals surface area contributed by atoms with Gasteiger partial charge in [0.25, 0.3) is 0 Å². The number of halogens is 3. The number of carboxylic acids is 1. The summed E-state index contributed by atoms with van der Waals surface area (Å²) >= 11 is 0. The minimum absolute atomic E-state index is 0.00225. The van der Waals surface area contributed by atoms with Crippen molar-refractivity contribution in [3.8, 4) is 16.9 Å². The molecule has 3 unspecified atom stereocenters. The van der Waals surface area contributed by atoms with Gasteiger partial charge in [0, 0.05) is 29.8 Å². The van der Waals surface area contributed by atoms with E-state index in [2.05, 4.69) is 4.90 Å². The summed E-state index contributed by atoms with van der Waals surface area (Å²) in [5, 5.41) is 9.77. The summed E-state index contributed by atoms with van der Waals surface area (Å²) in [6, 6.07) is 8.48. The molecule has 2 fully saturated rings. The largest absolute Gasteiger partial charge is 0.496 e. The fourth-order valence-corrected chi connectivity index (χ4v) is 5.91. The number of anilines is 1. The molecule has 3 heterocycles. The van der Waals surface area contributed by atoms with Crippen LogP contribution in [-0.2, 0) is 22.5 Å². The molecule has 0 bridgehead atoms. The van der Waals surface area contributed by atoms with Gasteiger partial charge in [0.2, 0.25) is 0 Å². The van der Waals surface area contributed by atoms with Crippen LogP contribution >= 0.6 is 0 Å². The molecule has 6 rings (SSSR count). The van der Waals surface area contributed by atoms with Crippen LogP contribution in [0.2, 0.25) is 0 Å². The number of nitrogens with zero attached hydrogens (tertiary/aromatic N) is 3. The van der Waals surface area contributed by atoms with Crippen LogP contribution in [0.15, 0.2) is 36.4 Å². The quantitative estimate of drug-likeness (QED) is 0.373. The van der Waals surface area contributed by atoms with Gasteiger partial charge in [-0.1, -0.05) is 0 Å². The van der Waals surface area contributed by atoms with Gasteiger partial charge in [-0.15, -0.1) is 0 Å². The molecular weight excluding hydrogens is 539 g/mol. The number of cyclic esters (lactones) is 1. The maximum Gasteiger partial charge on any atom is 0.411 e. The van der Waals surface area contributed by atoms with E-state index in [0.717, 1.165) is 48.6 Å². The SMILES string of the molecule is COc1cc2c(cc1-c1ccc(N3CCC3)nc1CN1C(=O)OC(c3cc(F)c(F)c(F)c3)C1C)C(C(=O)O)CC2. The molecule has 2 aromatic carbocycles. The number of carbonyl (C=O) groups is 2. The smallest absolute Gasteiger partial charge is 0.411 e. The minimum atomic E-state index is -1.59. The Morgan fingerprint density at radius 1 is 1.12 bits per heavy atom. The molecule has 2 aliphatic heterocycles. The first-order chi connectivity index (χ1) is 19.7. The Morgan fingerprint density at radius 2 is 1.85 bits per heavy atom. The number of benzene rings is 2. The summed E-state index contributed by atoms with van der Waals surface area (Å²) in [5.74, 6) is -4.54. The Morgan fingerprint density at radius 3 is 2.49 bits per heavy atom. The fourth-order valence-electron chi connectivity index (χ4n) is 5.91. The number of methoxy groups -OCH3 is 1. The number of fused-ring (bicyclic) bond motifs is 1. The highest BCUT2D eigenvalue weighted by molar-refractivity contribution is 5.82. The third-order valence-electron chi connectivity index (χ3n) is 8.31. The lowest BCUT2D eigenvalue weighted by molar-refractivity contribution is -0.138. The predicted octanol–water partition coefficient (Wildman–Crippen LogP) is 5.58. The number of hydrogen-bond acceptors (Lipinski definition) is 6. The van der Waals surface area contributed by atoms with Crippen molar-refractivity contribution in [1.29, 1.82) is 0 Å². The Kier molecular flexibility index (Phi) is 6.75. The normalized spacial score (nSPS) is 21.5. The summed E-state index contributed by atoms with van der Waals surface area (Å²) in [7, 11) is 1.54. The molecule has 1 aliphatic carbocycles. The zero-order valence-electron chi connectivity index (χ0n) is 22.5. The minimum Gasteiger partial charge on any atom is -0.496 e. The van der Waals surface area contributed by atoms with E-state index >= 15 is 0 Å². The zero-order valence-corrected chi connectivity index (χ0v) is 22.5. The van der Waals surface area contributed by atoms with E-state index in [4.69, 9.17) is 14.5 Å². The molecule has 3 aliphatic rings. The first kappa shape index (κ1) is 26.9. The lowest BCUT2D eigenvalue weighted by Crippen LogP contribution is -2.38. The van der Waals surface area contributed by atoms with Crippen LogP contribution in [0.25, 0.3) is 11.1 Å². The molecular formula is C30H28F3N3O5. The first-order valence-electron chi connectivity index (χ1n) is 13.5. The van der Waals surface area contributed by atoms with Gasteiger partial charge in [-0.3, -0.25) is 9.69 Å². The first-order valence-corrected chi connectivity index (χ1v) is 13.5. The number of hydrogen-bond donors (Lipinski definition) is 1. The van der Waals surface area contributed by atoms with Crippen molar-refractivity contribution in [2.45, 2.75) is 50.8 Å². The number of aliphatic carboxylic acids is 1. The lowest BCUT2D eigenvalue weighted by atomic mass is 9.94. The van der Waals surface area contributed by atoms with Crippen molar-refractivity contribution in [2.75, 3.05) is 25.1 Å². The van der Waals surface area contributed by atoms with Crippen molar-refractivity contribution >= 4 is 17.9 Å². The number of aryl methyl sites for hydroxylation is 1. The second kappa shape index (κ2) is 10.3. The van der Waals surface area contributed by atoms with Crippen LogP contribution in [0.3, 0.4) is 0 Å². The molecule has 3 atom stereocenters. The molecule has 3 aromatic rings. The molecule has 0 spiro atoms. The van der Waals surface area contributed by atoms with E-state index in [1.54, 1.807) is 14.0 Å². The molecule has 0 radical (unpaired) electrons. The number of rotatable bonds is 7. The molecule has 1 aromatic heterocycles. The third kappa shape index (κ3) is 4.62. The van der Waals surface area contributed by atoms with Crippen LogP contribution in [0.4, 0.5) is 23.8 Å². The topological polar surface area (TPSA) is 92.2 Å². The number of ether oxygens (including phenoxy) is 2. The molecule has 1 amide bonds. The predicted molar refractivity (Wildman–Crippen MR) is 142 cm³/mol. The monoisotopic (exact) mass is 567 g/mol. The van der Waals surface area contributed by atoms with Crippen LogP contribution < -0.4 is 9.64 Å². The molecule has 11 heteroatoms. The number of amides is 1. The van der Waals surface area contributed by atoms with Crippen molar-refractivity contribution in [3.05, 3.63) is 76.2 Å².